The molecule has 0 aliphatic heterocycles. The van der Waals surface area contributed by atoms with Gasteiger partial charge in [0.25, 0.3) is 0 Å². The first kappa shape index (κ1) is 15.3. The molecule has 0 bridgehead atoms. The summed E-state index contributed by atoms with van der Waals surface area (Å²) in [5.41, 5.74) is 1.33. The lowest BCUT2D eigenvalue weighted by molar-refractivity contribution is 0.330. The van der Waals surface area contributed by atoms with Gasteiger partial charge in [0.2, 0.25) is 0 Å². The van der Waals surface area contributed by atoms with Gasteiger partial charge >= 0.3 is 0 Å². The zero-order chi connectivity index (χ0) is 13.7. The van der Waals surface area contributed by atoms with Gasteiger partial charge in [-0.3, -0.25) is 0 Å². The maximum absolute atomic E-state index is 6.21. The van der Waals surface area contributed by atoms with E-state index in [-0.39, 0.29) is 0 Å². The summed E-state index contributed by atoms with van der Waals surface area (Å²) in [6.07, 6.45) is 8.20. The Kier molecular flexibility index (Phi) is 6.18. The van der Waals surface area contributed by atoms with Crippen molar-refractivity contribution in [3.05, 3.63) is 33.3 Å². The van der Waals surface area contributed by atoms with E-state index in [1.165, 1.54) is 44.1 Å². The van der Waals surface area contributed by atoms with Gasteiger partial charge in [-0.1, -0.05) is 60.1 Å². The summed E-state index contributed by atoms with van der Waals surface area (Å²) in [4.78, 5) is 0. The maximum Gasteiger partial charge on any atom is 0.0420 e. The van der Waals surface area contributed by atoms with Crippen LogP contribution in [-0.4, -0.2) is 6.54 Å². The summed E-state index contributed by atoms with van der Waals surface area (Å²) in [6, 6.07) is 6.73. The summed E-state index contributed by atoms with van der Waals surface area (Å²) < 4.78 is 1.08. The zero-order valence-corrected chi connectivity index (χ0v) is 13.9. The van der Waals surface area contributed by atoms with Crippen LogP contribution >= 0.6 is 27.5 Å². The van der Waals surface area contributed by atoms with Gasteiger partial charge < -0.3 is 5.32 Å². The number of rotatable bonds is 4. The maximum atomic E-state index is 6.21. The molecule has 19 heavy (non-hydrogen) atoms. The fourth-order valence-corrected chi connectivity index (χ4v) is 4.06. The minimum Gasteiger partial charge on any atom is -0.310 e. The molecule has 0 spiro atoms. The van der Waals surface area contributed by atoms with E-state index in [1.807, 2.05) is 6.07 Å². The van der Waals surface area contributed by atoms with Gasteiger partial charge in [-0.2, -0.15) is 0 Å². The Labute approximate surface area is 130 Å². The van der Waals surface area contributed by atoms with Gasteiger partial charge in [-0.15, -0.1) is 0 Å². The number of hydrogen-bond donors (Lipinski definition) is 1. The average molecular weight is 345 g/mol. The lowest BCUT2D eigenvalue weighted by Gasteiger charge is -2.28. The highest BCUT2D eigenvalue weighted by atomic mass is 79.9. The molecule has 1 fully saturated rings. The molecule has 1 saturated carbocycles. The van der Waals surface area contributed by atoms with Gasteiger partial charge in [0.1, 0.15) is 0 Å². The number of benzene rings is 1. The van der Waals surface area contributed by atoms with Crippen LogP contribution in [-0.2, 0) is 0 Å². The van der Waals surface area contributed by atoms with Crippen LogP contribution in [0.4, 0.5) is 0 Å². The van der Waals surface area contributed by atoms with E-state index in [2.05, 4.69) is 40.3 Å². The molecule has 106 valence electrons. The normalized spacial score (nSPS) is 19.1. The molecule has 0 heterocycles. The van der Waals surface area contributed by atoms with Crippen molar-refractivity contribution in [1.29, 1.82) is 0 Å². The van der Waals surface area contributed by atoms with Gasteiger partial charge in [0, 0.05) is 15.5 Å². The fourth-order valence-electron chi connectivity index (χ4n) is 3.18. The largest absolute Gasteiger partial charge is 0.310 e. The summed E-state index contributed by atoms with van der Waals surface area (Å²) in [5, 5.41) is 4.49. The van der Waals surface area contributed by atoms with Crippen LogP contribution in [0.25, 0.3) is 0 Å². The second kappa shape index (κ2) is 7.66. The van der Waals surface area contributed by atoms with Crippen LogP contribution in [0.1, 0.15) is 57.1 Å². The second-order valence-corrected chi connectivity index (χ2v) is 6.84. The van der Waals surface area contributed by atoms with Crippen molar-refractivity contribution in [3.63, 3.8) is 0 Å². The summed E-state index contributed by atoms with van der Waals surface area (Å²) in [5.74, 6) is 0.743. The minimum atomic E-state index is 0.443. The highest BCUT2D eigenvalue weighted by molar-refractivity contribution is 9.10. The SMILES string of the molecule is CCNC(c1cc(Cl)cc(Br)c1)C1CCCCCC1. The van der Waals surface area contributed by atoms with Crippen LogP contribution in [0.5, 0.6) is 0 Å². The summed E-state index contributed by atoms with van der Waals surface area (Å²) in [7, 11) is 0. The Balaban J connectivity index is 2.22. The first-order valence-corrected chi connectivity index (χ1v) is 8.57. The Hall–Kier alpha value is -0.0500. The standard InChI is InChI=1S/C16H23BrClN/c1-2-19-16(12-7-5-3-4-6-8-12)13-9-14(17)11-15(18)10-13/h9-12,16,19H,2-8H2,1H3. The lowest BCUT2D eigenvalue weighted by Crippen LogP contribution is -2.28. The Morgan fingerprint density at radius 3 is 2.47 bits per heavy atom. The molecule has 1 aliphatic rings. The molecule has 1 aromatic carbocycles. The molecule has 2 rings (SSSR count). The molecule has 1 atom stereocenters. The lowest BCUT2D eigenvalue weighted by atomic mass is 9.87. The summed E-state index contributed by atoms with van der Waals surface area (Å²) >= 11 is 9.77. The zero-order valence-electron chi connectivity index (χ0n) is 11.6. The van der Waals surface area contributed by atoms with Crippen molar-refractivity contribution in [3.8, 4) is 0 Å². The Morgan fingerprint density at radius 2 is 1.89 bits per heavy atom. The van der Waals surface area contributed by atoms with Gasteiger partial charge in [0.05, 0.1) is 0 Å². The predicted octanol–water partition coefficient (Wildman–Crippen LogP) is 5.72. The van der Waals surface area contributed by atoms with Crippen molar-refractivity contribution in [2.45, 2.75) is 51.5 Å². The van der Waals surface area contributed by atoms with Gasteiger partial charge in [-0.05, 0) is 49.1 Å². The first-order valence-electron chi connectivity index (χ1n) is 7.40. The van der Waals surface area contributed by atoms with E-state index < -0.39 is 0 Å². The molecular weight excluding hydrogens is 322 g/mol. The number of nitrogens with one attached hydrogen (secondary N) is 1. The minimum absolute atomic E-state index is 0.443. The summed E-state index contributed by atoms with van der Waals surface area (Å²) in [6.45, 7) is 3.19. The molecule has 1 aromatic rings. The first-order chi connectivity index (χ1) is 9.20. The van der Waals surface area contributed by atoms with Crippen molar-refractivity contribution in [2.75, 3.05) is 6.54 Å². The molecule has 3 heteroatoms. The average Bonchev–Trinajstić information content (AvgIpc) is 2.63. The van der Waals surface area contributed by atoms with Crippen LogP contribution in [0, 0.1) is 5.92 Å². The highest BCUT2D eigenvalue weighted by Gasteiger charge is 2.23. The quantitative estimate of drug-likeness (QED) is 0.688. The third-order valence-electron chi connectivity index (χ3n) is 4.04. The van der Waals surface area contributed by atoms with E-state index in [0.29, 0.717) is 6.04 Å². The topological polar surface area (TPSA) is 12.0 Å². The number of halogens is 2. The van der Waals surface area contributed by atoms with E-state index in [9.17, 15) is 0 Å². The van der Waals surface area contributed by atoms with Gasteiger partial charge in [-0.25, -0.2) is 0 Å². The fraction of sp³-hybridized carbons (Fsp3) is 0.625. The molecule has 1 N–H and O–H groups in total. The molecule has 1 nitrogen and oxygen atoms in total. The van der Waals surface area contributed by atoms with E-state index in [1.54, 1.807) is 0 Å². The number of hydrogen-bond acceptors (Lipinski definition) is 1. The molecule has 1 aliphatic carbocycles. The molecule has 0 aromatic heterocycles. The van der Waals surface area contributed by atoms with Crippen LogP contribution in [0.2, 0.25) is 5.02 Å². The van der Waals surface area contributed by atoms with E-state index in [0.717, 1.165) is 22.0 Å². The Morgan fingerprint density at radius 1 is 1.21 bits per heavy atom. The van der Waals surface area contributed by atoms with E-state index >= 15 is 0 Å². The molecule has 0 amide bonds. The monoisotopic (exact) mass is 343 g/mol. The van der Waals surface area contributed by atoms with Crippen molar-refractivity contribution < 1.29 is 0 Å². The van der Waals surface area contributed by atoms with Crippen LogP contribution < -0.4 is 5.32 Å². The molecule has 0 radical (unpaired) electrons. The van der Waals surface area contributed by atoms with Crippen molar-refractivity contribution in [1.82, 2.24) is 5.32 Å². The van der Waals surface area contributed by atoms with E-state index in [4.69, 9.17) is 11.6 Å². The molecule has 0 saturated heterocycles. The van der Waals surface area contributed by atoms with Crippen LogP contribution in [0.15, 0.2) is 22.7 Å². The van der Waals surface area contributed by atoms with Crippen molar-refractivity contribution in [2.24, 2.45) is 5.92 Å². The smallest absolute Gasteiger partial charge is 0.0420 e. The van der Waals surface area contributed by atoms with Crippen molar-refractivity contribution >= 4 is 27.5 Å². The molecular formula is C16H23BrClN. The predicted molar refractivity (Wildman–Crippen MR) is 86.8 cm³/mol. The third-order valence-corrected chi connectivity index (χ3v) is 4.72. The second-order valence-electron chi connectivity index (χ2n) is 5.49. The third kappa shape index (κ3) is 4.47. The van der Waals surface area contributed by atoms with Gasteiger partial charge in [0.15, 0.2) is 0 Å². The Bertz CT molecular complexity index is 379. The molecule has 1 unspecified atom stereocenters. The van der Waals surface area contributed by atoms with Crippen LogP contribution in [0.3, 0.4) is 0 Å². The highest BCUT2D eigenvalue weighted by Crippen LogP contribution is 2.35.